The van der Waals surface area contributed by atoms with Gasteiger partial charge in [0.2, 0.25) is 5.91 Å². The molecule has 1 saturated carbocycles. The number of carbonyl (C=O) groups excluding carboxylic acids is 1. The second-order valence-corrected chi connectivity index (χ2v) is 11.1. The van der Waals surface area contributed by atoms with Gasteiger partial charge in [0.05, 0.1) is 6.54 Å². The molecule has 2 aliphatic heterocycles. The number of fused-ring (bicyclic) bond motifs is 4. The van der Waals surface area contributed by atoms with E-state index in [1.165, 1.54) is 47.8 Å². The molecule has 37 heavy (non-hydrogen) atoms. The Hall–Kier alpha value is -3.15. The van der Waals surface area contributed by atoms with Gasteiger partial charge in [-0.05, 0) is 42.0 Å². The highest BCUT2D eigenvalue weighted by Crippen LogP contribution is 2.36. The summed E-state index contributed by atoms with van der Waals surface area (Å²) in [5.74, 6) is 0.294. The molecule has 3 heterocycles. The molecule has 5 nitrogen and oxygen atoms in total. The monoisotopic (exact) mass is 493 g/mol. The molecule has 3 aromatic carbocycles. The van der Waals surface area contributed by atoms with Crippen molar-refractivity contribution in [2.45, 2.75) is 44.7 Å². The van der Waals surface area contributed by atoms with Crippen LogP contribution in [0, 0.1) is 0 Å². The van der Waals surface area contributed by atoms with Crippen molar-refractivity contribution in [2.24, 2.45) is 0 Å². The van der Waals surface area contributed by atoms with Crippen LogP contribution in [0.15, 0.2) is 65.1 Å². The first-order valence-corrected chi connectivity index (χ1v) is 14.0. The van der Waals surface area contributed by atoms with Crippen LogP contribution in [0.1, 0.15) is 36.8 Å². The van der Waals surface area contributed by atoms with Crippen LogP contribution in [-0.2, 0) is 17.8 Å². The van der Waals surface area contributed by atoms with Crippen LogP contribution in [0.5, 0.6) is 0 Å². The van der Waals surface area contributed by atoms with Gasteiger partial charge in [-0.15, -0.1) is 0 Å². The lowest BCUT2D eigenvalue weighted by Crippen LogP contribution is -2.53. The predicted octanol–water partition coefficient (Wildman–Crippen LogP) is 5.70. The van der Waals surface area contributed by atoms with Gasteiger partial charge in [-0.1, -0.05) is 67.4 Å². The Labute approximate surface area is 218 Å². The third kappa shape index (κ3) is 4.34. The van der Waals surface area contributed by atoms with E-state index in [9.17, 15) is 4.79 Å². The quantitative estimate of drug-likeness (QED) is 0.366. The number of piperazine rings is 1. The van der Waals surface area contributed by atoms with Gasteiger partial charge in [-0.2, -0.15) is 0 Å². The molecule has 0 N–H and O–H groups in total. The average molecular weight is 494 g/mol. The van der Waals surface area contributed by atoms with Gasteiger partial charge in [0, 0.05) is 61.6 Å². The molecule has 5 heteroatoms. The van der Waals surface area contributed by atoms with Gasteiger partial charge >= 0.3 is 0 Å². The van der Waals surface area contributed by atoms with Gasteiger partial charge in [-0.3, -0.25) is 14.6 Å². The molecule has 0 radical (unpaired) electrons. The third-order valence-electron chi connectivity index (χ3n) is 8.88. The highest BCUT2D eigenvalue weighted by atomic mass is 16.3. The minimum Gasteiger partial charge on any atom is -0.455 e. The van der Waals surface area contributed by atoms with E-state index >= 15 is 0 Å². The predicted molar refractivity (Wildman–Crippen MR) is 149 cm³/mol. The van der Waals surface area contributed by atoms with Crippen LogP contribution in [0.4, 0.5) is 0 Å². The maximum Gasteiger partial charge on any atom is 0.236 e. The Bertz CT molecular complexity index is 1440. The minimum atomic E-state index is 0.294. The summed E-state index contributed by atoms with van der Waals surface area (Å²) in [4.78, 5) is 20.1. The van der Waals surface area contributed by atoms with Crippen LogP contribution in [0.25, 0.3) is 33.1 Å². The fourth-order valence-corrected chi connectivity index (χ4v) is 6.79. The number of carbonyl (C=O) groups is 1. The number of rotatable bonds is 4. The Morgan fingerprint density at radius 1 is 0.838 bits per heavy atom. The highest BCUT2D eigenvalue weighted by molar-refractivity contribution is 6.09. The number of para-hydroxylation sites is 2. The molecule has 0 atom stereocenters. The van der Waals surface area contributed by atoms with Gasteiger partial charge in [0.1, 0.15) is 11.2 Å². The molecule has 1 aromatic heterocycles. The summed E-state index contributed by atoms with van der Waals surface area (Å²) in [5, 5.41) is 2.33. The highest BCUT2D eigenvalue weighted by Gasteiger charge is 2.29. The van der Waals surface area contributed by atoms with Gasteiger partial charge in [0.25, 0.3) is 0 Å². The van der Waals surface area contributed by atoms with E-state index in [4.69, 9.17) is 4.42 Å². The molecule has 4 aromatic rings. The van der Waals surface area contributed by atoms with Crippen LogP contribution in [-0.4, -0.2) is 65.9 Å². The zero-order valence-corrected chi connectivity index (χ0v) is 21.5. The van der Waals surface area contributed by atoms with Crippen LogP contribution >= 0.6 is 0 Å². The van der Waals surface area contributed by atoms with Crippen LogP contribution in [0.2, 0.25) is 0 Å². The van der Waals surface area contributed by atoms with E-state index in [2.05, 4.69) is 63.2 Å². The molecule has 0 spiro atoms. The normalized spacial score (nSPS) is 19.6. The zero-order chi connectivity index (χ0) is 24.8. The van der Waals surface area contributed by atoms with Crippen LogP contribution < -0.4 is 0 Å². The fourth-order valence-electron chi connectivity index (χ4n) is 6.79. The number of hydrogen-bond donors (Lipinski definition) is 0. The summed E-state index contributed by atoms with van der Waals surface area (Å²) < 4.78 is 6.28. The Kier molecular flexibility index (Phi) is 5.98. The summed E-state index contributed by atoms with van der Waals surface area (Å²) in [6.45, 7) is 6.16. The summed E-state index contributed by atoms with van der Waals surface area (Å²) in [6.07, 6.45) is 6.41. The number of nitrogens with zero attached hydrogens (tertiary/aromatic N) is 3. The standard InChI is InChI=1S/C32H35N3O2/c36-31(35-18-16-34(17-19-35)26-6-1-2-7-26)22-33-15-14-23-20-24(12-13-25(23)21-33)27-9-5-10-29-28-8-3-4-11-30(28)37-32(27)29/h3-5,8-13,20,26H,1-2,6-7,14-19,21-22H2. The van der Waals surface area contributed by atoms with E-state index in [0.717, 1.165) is 73.8 Å². The van der Waals surface area contributed by atoms with Crippen molar-refractivity contribution in [1.29, 1.82) is 0 Å². The van der Waals surface area contributed by atoms with Crippen molar-refractivity contribution in [3.63, 3.8) is 0 Å². The smallest absolute Gasteiger partial charge is 0.236 e. The van der Waals surface area contributed by atoms with Crippen molar-refractivity contribution in [3.05, 3.63) is 71.8 Å². The Morgan fingerprint density at radius 2 is 1.65 bits per heavy atom. The molecule has 0 bridgehead atoms. The van der Waals surface area contributed by atoms with Crippen molar-refractivity contribution in [2.75, 3.05) is 39.3 Å². The molecule has 2 fully saturated rings. The lowest BCUT2D eigenvalue weighted by atomic mass is 9.94. The van der Waals surface area contributed by atoms with E-state index in [-0.39, 0.29) is 0 Å². The Morgan fingerprint density at radius 3 is 2.51 bits per heavy atom. The van der Waals surface area contributed by atoms with E-state index in [1.54, 1.807) is 0 Å². The number of benzene rings is 3. The maximum absolute atomic E-state index is 13.1. The van der Waals surface area contributed by atoms with Crippen molar-refractivity contribution in [1.82, 2.24) is 14.7 Å². The summed E-state index contributed by atoms with van der Waals surface area (Å²) >= 11 is 0. The second kappa shape index (κ2) is 9.62. The van der Waals surface area contributed by atoms with E-state index in [1.807, 2.05) is 12.1 Å². The Balaban J connectivity index is 1.03. The first kappa shape index (κ1) is 23.0. The lowest BCUT2D eigenvalue weighted by molar-refractivity contribution is -0.134. The van der Waals surface area contributed by atoms with E-state index < -0.39 is 0 Å². The topological polar surface area (TPSA) is 39.9 Å². The molecule has 1 saturated heterocycles. The zero-order valence-electron chi connectivity index (χ0n) is 21.5. The first-order chi connectivity index (χ1) is 18.2. The fraction of sp³-hybridized carbons (Fsp3) is 0.406. The molecule has 1 amide bonds. The van der Waals surface area contributed by atoms with Gasteiger partial charge < -0.3 is 9.32 Å². The lowest BCUT2D eigenvalue weighted by Gasteiger charge is -2.39. The summed E-state index contributed by atoms with van der Waals surface area (Å²) in [7, 11) is 0. The number of furan rings is 1. The molecule has 0 unspecified atom stereocenters. The molecule has 3 aliphatic rings. The van der Waals surface area contributed by atoms with Crippen molar-refractivity contribution < 1.29 is 9.21 Å². The SMILES string of the molecule is O=C(CN1CCc2cc(-c3cccc4c3oc3ccccc34)ccc2C1)N1CCN(C2CCCC2)CC1. The largest absolute Gasteiger partial charge is 0.455 e. The number of hydrogen-bond acceptors (Lipinski definition) is 4. The molecular weight excluding hydrogens is 458 g/mol. The van der Waals surface area contributed by atoms with E-state index in [0.29, 0.717) is 12.5 Å². The summed E-state index contributed by atoms with van der Waals surface area (Å²) in [6, 6.07) is 22.3. The first-order valence-electron chi connectivity index (χ1n) is 14.0. The molecule has 190 valence electrons. The van der Waals surface area contributed by atoms with Crippen molar-refractivity contribution in [3.8, 4) is 11.1 Å². The molecule has 7 rings (SSSR count). The van der Waals surface area contributed by atoms with Gasteiger partial charge in [0.15, 0.2) is 0 Å². The van der Waals surface area contributed by atoms with Crippen LogP contribution in [0.3, 0.4) is 0 Å². The summed E-state index contributed by atoms with van der Waals surface area (Å²) in [5.41, 5.74) is 6.96. The molecule has 1 aliphatic carbocycles. The molecular formula is C32H35N3O2. The third-order valence-corrected chi connectivity index (χ3v) is 8.88. The van der Waals surface area contributed by atoms with Crippen molar-refractivity contribution >= 4 is 27.8 Å². The maximum atomic E-state index is 13.1. The minimum absolute atomic E-state index is 0.294. The average Bonchev–Trinajstić information content (AvgIpc) is 3.61. The number of amides is 1. The van der Waals surface area contributed by atoms with Gasteiger partial charge in [-0.25, -0.2) is 0 Å². The second-order valence-electron chi connectivity index (χ2n) is 11.1.